The fourth-order valence-electron chi connectivity index (χ4n) is 2.98. The molecule has 0 spiro atoms. The average Bonchev–Trinajstić information content (AvgIpc) is 3.15. The third-order valence-corrected chi connectivity index (χ3v) is 6.83. The summed E-state index contributed by atoms with van der Waals surface area (Å²) in [5.74, 6) is 0.135. The molecule has 0 unspecified atom stereocenters. The molecule has 2 aromatic carbocycles. The van der Waals surface area contributed by atoms with Gasteiger partial charge in [0.1, 0.15) is 11.8 Å². The van der Waals surface area contributed by atoms with Crippen LogP contribution in [0.5, 0.6) is 5.75 Å². The smallest absolute Gasteiger partial charge is 0.243 e. The van der Waals surface area contributed by atoms with Crippen LogP contribution < -0.4 is 10.1 Å². The van der Waals surface area contributed by atoms with Crippen LogP contribution in [0.3, 0.4) is 0 Å². The van der Waals surface area contributed by atoms with Crippen LogP contribution in [0.15, 0.2) is 47.4 Å². The largest absolute Gasteiger partial charge is 0.497 e. The molecule has 3 rings (SSSR count). The summed E-state index contributed by atoms with van der Waals surface area (Å²) in [6.07, 6.45) is 1.04. The monoisotopic (exact) mass is 428 g/mol. The van der Waals surface area contributed by atoms with Crippen molar-refractivity contribution in [1.82, 2.24) is 4.31 Å². The van der Waals surface area contributed by atoms with Crippen LogP contribution >= 0.6 is 23.2 Å². The van der Waals surface area contributed by atoms with Gasteiger partial charge in [0.15, 0.2) is 0 Å². The summed E-state index contributed by atoms with van der Waals surface area (Å²) < 4.78 is 32.2. The Labute approximate surface area is 168 Å². The first-order valence-corrected chi connectivity index (χ1v) is 10.4. The van der Waals surface area contributed by atoms with Gasteiger partial charge in [-0.05, 0) is 55.3 Å². The number of benzene rings is 2. The zero-order valence-electron chi connectivity index (χ0n) is 14.5. The number of amides is 1. The van der Waals surface area contributed by atoms with Crippen LogP contribution in [0.2, 0.25) is 10.0 Å². The number of anilines is 1. The van der Waals surface area contributed by atoms with Gasteiger partial charge in [-0.3, -0.25) is 4.79 Å². The molecule has 1 aliphatic heterocycles. The molecular formula is C18H18Cl2N2O4S. The van der Waals surface area contributed by atoms with E-state index >= 15 is 0 Å². The van der Waals surface area contributed by atoms with Gasteiger partial charge in [0.25, 0.3) is 0 Å². The maximum Gasteiger partial charge on any atom is 0.243 e. The highest BCUT2D eigenvalue weighted by Gasteiger charge is 2.39. The first-order valence-electron chi connectivity index (χ1n) is 8.25. The van der Waals surface area contributed by atoms with Crippen LogP contribution in [0.4, 0.5) is 5.69 Å². The number of nitrogens with one attached hydrogen (secondary N) is 1. The van der Waals surface area contributed by atoms with E-state index in [2.05, 4.69) is 5.32 Å². The molecule has 1 saturated heterocycles. The topological polar surface area (TPSA) is 75.7 Å². The molecule has 9 heteroatoms. The van der Waals surface area contributed by atoms with Crippen molar-refractivity contribution < 1.29 is 17.9 Å². The zero-order valence-corrected chi connectivity index (χ0v) is 16.8. The molecule has 0 saturated carbocycles. The molecule has 6 nitrogen and oxygen atoms in total. The van der Waals surface area contributed by atoms with E-state index in [1.54, 1.807) is 24.3 Å². The predicted octanol–water partition coefficient (Wildman–Crippen LogP) is 3.79. The van der Waals surface area contributed by atoms with Gasteiger partial charge in [0.05, 0.1) is 22.7 Å². The van der Waals surface area contributed by atoms with Gasteiger partial charge in [-0.2, -0.15) is 4.31 Å². The van der Waals surface area contributed by atoms with Crippen LogP contribution in [0.1, 0.15) is 12.8 Å². The Hall–Kier alpha value is -1.80. The Bertz CT molecular complexity index is 948. The van der Waals surface area contributed by atoms with Gasteiger partial charge in [0, 0.05) is 11.6 Å². The molecule has 1 N–H and O–H groups in total. The molecule has 2 aromatic rings. The lowest BCUT2D eigenvalue weighted by Gasteiger charge is -2.23. The van der Waals surface area contributed by atoms with E-state index in [4.69, 9.17) is 27.9 Å². The van der Waals surface area contributed by atoms with Gasteiger partial charge < -0.3 is 10.1 Å². The second-order valence-corrected chi connectivity index (χ2v) is 8.80. The standard InChI is InChI=1S/C18H18Cl2N2O4S/c1-26-13-5-7-14(8-6-13)27(24,25)22-10-2-3-17(22)18(23)21-16-9-4-12(19)11-15(16)20/h4-9,11,17H,2-3,10H2,1H3,(H,21,23)/t17-/m1/s1. The third kappa shape index (κ3) is 4.21. The molecule has 0 aliphatic carbocycles. The minimum Gasteiger partial charge on any atom is -0.497 e. The minimum absolute atomic E-state index is 0.118. The van der Waals surface area contributed by atoms with E-state index < -0.39 is 22.0 Å². The van der Waals surface area contributed by atoms with E-state index in [1.165, 1.54) is 29.6 Å². The first-order chi connectivity index (χ1) is 12.8. The molecule has 0 radical (unpaired) electrons. The third-order valence-electron chi connectivity index (χ3n) is 4.36. The van der Waals surface area contributed by atoms with E-state index in [9.17, 15) is 13.2 Å². The van der Waals surface area contributed by atoms with Crippen molar-refractivity contribution in [1.29, 1.82) is 0 Å². The SMILES string of the molecule is COc1ccc(S(=O)(=O)N2CCC[C@@H]2C(=O)Nc2ccc(Cl)cc2Cl)cc1. The zero-order chi connectivity index (χ0) is 19.6. The van der Waals surface area contributed by atoms with Crippen molar-refractivity contribution in [2.45, 2.75) is 23.8 Å². The minimum atomic E-state index is -3.80. The number of sulfonamides is 1. The van der Waals surface area contributed by atoms with Gasteiger partial charge in [-0.25, -0.2) is 8.42 Å². The Balaban J connectivity index is 1.82. The number of halogens is 2. The highest BCUT2D eigenvalue weighted by atomic mass is 35.5. The van der Waals surface area contributed by atoms with Crippen molar-refractivity contribution in [3.63, 3.8) is 0 Å². The Kier molecular flexibility index (Phi) is 5.95. The first kappa shape index (κ1) is 19.9. The number of hydrogen-bond donors (Lipinski definition) is 1. The number of carbonyl (C=O) groups is 1. The number of rotatable bonds is 5. The second-order valence-electron chi connectivity index (χ2n) is 6.06. The molecule has 1 amide bonds. The molecule has 1 heterocycles. The second kappa shape index (κ2) is 8.06. The molecule has 144 valence electrons. The number of hydrogen-bond acceptors (Lipinski definition) is 4. The van der Waals surface area contributed by atoms with Crippen molar-refractivity contribution in [2.24, 2.45) is 0 Å². The summed E-state index contributed by atoms with van der Waals surface area (Å²) in [6.45, 7) is 0.279. The maximum atomic E-state index is 13.0. The Morgan fingerprint density at radius 2 is 1.89 bits per heavy atom. The van der Waals surface area contributed by atoms with Gasteiger partial charge in [-0.15, -0.1) is 0 Å². The molecule has 1 fully saturated rings. The van der Waals surface area contributed by atoms with E-state index in [0.29, 0.717) is 34.3 Å². The fourth-order valence-corrected chi connectivity index (χ4v) is 5.09. The maximum absolute atomic E-state index is 13.0. The molecule has 0 bridgehead atoms. The van der Waals surface area contributed by atoms with Crippen molar-refractivity contribution in [2.75, 3.05) is 19.0 Å². The van der Waals surface area contributed by atoms with E-state index in [0.717, 1.165) is 0 Å². The van der Waals surface area contributed by atoms with Crippen LogP contribution in [0, 0.1) is 0 Å². The van der Waals surface area contributed by atoms with Gasteiger partial charge in [-0.1, -0.05) is 23.2 Å². The quantitative estimate of drug-likeness (QED) is 0.785. The van der Waals surface area contributed by atoms with Crippen LogP contribution in [-0.4, -0.2) is 38.3 Å². The predicted molar refractivity (Wildman–Crippen MR) is 105 cm³/mol. The van der Waals surface area contributed by atoms with E-state index in [1.807, 2.05) is 0 Å². The Morgan fingerprint density at radius 1 is 1.19 bits per heavy atom. The molecule has 27 heavy (non-hydrogen) atoms. The summed E-state index contributed by atoms with van der Waals surface area (Å²) in [7, 11) is -2.30. The van der Waals surface area contributed by atoms with E-state index in [-0.39, 0.29) is 11.4 Å². The van der Waals surface area contributed by atoms with Gasteiger partial charge in [0.2, 0.25) is 15.9 Å². The van der Waals surface area contributed by atoms with Crippen LogP contribution in [-0.2, 0) is 14.8 Å². The molecule has 1 aliphatic rings. The molecule has 0 aromatic heterocycles. The lowest BCUT2D eigenvalue weighted by atomic mass is 10.2. The number of ether oxygens (including phenoxy) is 1. The normalized spacial score (nSPS) is 17.7. The van der Waals surface area contributed by atoms with Gasteiger partial charge >= 0.3 is 0 Å². The summed E-state index contributed by atoms with van der Waals surface area (Å²) >= 11 is 11.9. The highest BCUT2D eigenvalue weighted by Crippen LogP contribution is 2.30. The van der Waals surface area contributed by atoms with Crippen LogP contribution in [0.25, 0.3) is 0 Å². The van der Waals surface area contributed by atoms with Crippen molar-refractivity contribution in [3.8, 4) is 5.75 Å². The molecule has 1 atom stereocenters. The number of nitrogens with zero attached hydrogens (tertiary/aromatic N) is 1. The van der Waals surface area contributed by atoms with Crippen molar-refractivity contribution in [3.05, 3.63) is 52.5 Å². The number of carbonyl (C=O) groups excluding carboxylic acids is 1. The lowest BCUT2D eigenvalue weighted by molar-refractivity contribution is -0.119. The summed E-state index contributed by atoms with van der Waals surface area (Å²) in [4.78, 5) is 12.8. The average molecular weight is 429 g/mol. The molecular weight excluding hydrogens is 411 g/mol. The summed E-state index contributed by atoms with van der Waals surface area (Å²) in [6, 6.07) is 9.98. The lowest BCUT2D eigenvalue weighted by Crippen LogP contribution is -2.43. The number of methoxy groups -OCH3 is 1. The highest BCUT2D eigenvalue weighted by molar-refractivity contribution is 7.89. The van der Waals surface area contributed by atoms with Crippen molar-refractivity contribution >= 4 is 44.8 Å². The summed E-state index contributed by atoms with van der Waals surface area (Å²) in [5, 5.41) is 3.43. The summed E-state index contributed by atoms with van der Waals surface area (Å²) in [5.41, 5.74) is 0.389. The Morgan fingerprint density at radius 3 is 2.52 bits per heavy atom. The fraction of sp³-hybridized carbons (Fsp3) is 0.278.